The minimum absolute atomic E-state index is 0.883. The van der Waals surface area contributed by atoms with E-state index in [2.05, 4.69) is 24.3 Å². The summed E-state index contributed by atoms with van der Waals surface area (Å²) in [5.41, 5.74) is 0. The average molecular weight is 185 g/mol. The third kappa shape index (κ3) is 1.56. The maximum atomic E-state index is 2.15. The van der Waals surface area contributed by atoms with Crippen LogP contribution in [0.1, 0.15) is 0 Å². The monoisotopic (exact) mass is 186 g/mol. The van der Waals surface area contributed by atoms with Crippen molar-refractivity contribution >= 4 is 25.5 Å². The molecule has 1 aromatic carbocycles. The van der Waals surface area contributed by atoms with Crippen LogP contribution in [0.2, 0.25) is 0 Å². The Kier molecular flexibility index (Phi) is 2.49. The number of hydrogen-bond acceptors (Lipinski definition) is 1. The summed E-state index contributed by atoms with van der Waals surface area (Å²) in [5, 5.41) is 0. The van der Waals surface area contributed by atoms with Gasteiger partial charge in [-0.3, -0.25) is 0 Å². The van der Waals surface area contributed by atoms with E-state index in [1.807, 2.05) is 16.2 Å². The Morgan fingerprint density at radius 3 is 2.12 bits per heavy atom. The topological polar surface area (TPSA) is 0 Å². The molecule has 0 nitrogen and oxygen atoms in total. The zero-order valence-corrected chi connectivity index (χ0v) is 9.81. The van der Waals surface area contributed by atoms with Gasteiger partial charge in [-0.25, -0.2) is 0 Å². The van der Waals surface area contributed by atoms with Crippen molar-refractivity contribution in [3.05, 3.63) is 30.3 Å². The first kappa shape index (κ1) is 6.24. The van der Waals surface area contributed by atoms with Crippen LogP contribution in [-0.2, 0) is 0 Å². The number of benzene rings is 1. The van der Waals surface area contributed by atoms with Gasteiger partial charge in [0.15, 0.2) is 0 Å². The summed E-state index contributed by atoms with van der Waals surface area (Å²) < 4.78 is 0. The summed E-state index contributed by atoms with van der Waals surface area (Å²) in [5.74, 6) is 0. The predicted molar refractivity (Wildman–Crippen MR) is 42.2 cm³/mol. The standard InChI is InChI=1S/C6H8GeS/c7-8-6-4-2-1-3-5-6/h1-5H,7H3. The van der Waals surface area contributed by atoms with Gasteiger partial charge in [-0.05, 0) is 0 Å². The Balaban J connectivity index is 2.83. The van der Waals surface area contributed by atoms with Gasteiger partial charge >= 0.3 is 60.7 Å². The Labute approximate surface area is 60.9 Å². The molecule has 0 atom stereocenters. The molecule has 0 bridgehead atoms. The van der Waals surface area contributed by atoms with Crippen LogP contribution in [-0.4, -0.2) is 15.4 Å². The van der Waals surface area contributed by atoms with Crippen molar-refractivity contribution < 1.29 is 0 Å². The van der Waals surface area contributed by atoms with Crippen LogP contribution in [0.4, 0.5) is 0 Å². The molecule has 8 heavy (non-hydrogen) atoms. The molecule has 1 rings (SSSR count). The molecule has 42 valence electrons. The Morgan fingerprint density at radius 1 is 1.12 bits per heavy atom. The predicted octanol–water partition coefficient (Wildman–Crippen LogP) is 1.06. The molecule has 0 saturated heterocycles. The van der Waals surface area contributed by atoms with Gasteiger partial charge in [-0.15, -0.1) is 0 Å². The molecule has 0 aliphatic rings. The van der Waals surface area contributed by atoms with Crippen LogP contribution in [0.15, 0.2) is 35.2 Å². The van der Waals surface area contributed by atoms with E-state index in [4.69, 9.17) is 0 Å². The van der Waals surface area contributed by atoms with Gasteiger partial charge in [-0.2, -0.15) is 0 Å². The van der Waals surface area contributed by atoms with E-state index in [-0.39, 0.29) is 0 Å². The van der Waals surface area contributed by atoms with E-state index in [0.717, 1.165) is 15.4 Å². The molecule has 0 spiro atoms. The Hall–Kier alpha value is 0.113. The van der Waals surface area contributed by atoms with Crippen LogP contribution in [0, 0.1) is 0 Å². The second-order valence-corrected chi connectivity index (χ2v) is 4.97. The molecule has 0 saturated carbocycles. The summed E-state index contributed by atoms with van der Waals surface area (Å²) in [6.45, 7) is 0. The van der Waals surface area contributed by atoms with E-state index in [9.17, 15) is 0 Å². The molecule has 1 aromatic rings. The third-order valence-electron chi connectivity index (χ3n) is 0.979. The van der Waals surface area contributed by atoms with Crippen LogP contribution >= 0.6 is 10.1 Å². The third-order valence-corrected chi connectivity index (χ3v) is 4.69. The van der Waals surface area contributed by atoms with Gasteiger partial charge in [0, 0.05) is 0 Å². The second kappa shape index (κ2) is 3.20. The molecule has 0 N–H and O–H groups in total. The van der Waals surface area contributed by atoms with Gasteiger partial charge < -0.3 is 0 Å². The minimum atomic E-state index is 0.883. The van der Waals surface area contributed by atoms with Crippen LogP contribution < -0.4 is 0 Å². The van der Waals surface area contributed by atoms with E-state index < -0.39 is 0 Å². The van der Waals surface area contributed by atoms with E-state index in [1.54, 1.807) is 0 Å². The summed E-state index contributed by atoms with van der Waals surface area (Å²) in [6.07, 6.45) is 0. The van der Waals surface area contributed by atoms with E-state index in [1.165, 1.54) is 4.90 Å². The van der Waals surface area contributed by atoms with Crippen LogP contribution in [0.3, 0.4) is 0 Å². The molecule has 0 aliphatic carbocycles. The molecule has 2 heteroatoms. The zero-order chi connectivity index (χ0) is 5.82. The fourth-order valence-electron chi connectivity index (χ4n) is 0.557. The summed E-state index contributed by atoms with van der Waals surface area (Å²) in [6, 6.07) is 10.5. The van der Waals surface area contributed by atoms with Gasteiger partial charge in [0.25, 0.3) is 0 Å². The first-order valence-corrected chi connectivity index (χ1v) is 8.89. The van der Waals surface area contributed by atoms with Crippen molar-refractivity contribution in [1.29, 1.82) is 0 Å². The molecule has 0 aromatic heterocycles. The van der Waals surface area contributed by atoms with E-state index >= 15 is 0 Å². The normalized spacial score (nSPS) is 9.50. The molecule has 0 unspecified atom stereocenters. The molecular formula is C6H8GeS. The number of hydrogen-bond donors (Lipinski definition) is 0. The van der Waals surface area contributed by atoms with Crippen LogP contribution in [0.25, 0.3) is 0 Å². The number of rotatable bonds is 1. The molecular weight excluding hydrogens is 177 g/mol. The van der Waals surface area contributed by atoms with Gasteiger partial charge in [-0.1, -0.05) is 0 Å². The fraction of sp³-hybridized carbons (Fsp3) is 0. The SMILES string of the molecule is [GeH3][S]c1ccccc1. The first-order valence-electron chi connectivity index (χ1n) is 2.52. The summed E-state index contributed by atoms with van der Waals surface area (Å²) in [4.78, 5) is 1.41. The summed E-state index contributed by atoms with van der Waals surface area (Å²) in [7, 11) is 1.96. The molecule has 0 fully saturated rings. The van der Waals surface area contributed by atoms with Gasteiger partial charge in [0.05, 0.1) is 0 Å². The van der Waals surface area contributed by atoms with Gasteiger partial charge in [0.2, 0.25) is 0 Å². The van der Waals surface area contributed by atoms with Crippen molar-refractivity contribution in [1.82, 2.24) is 0 Å². The van der Waals surface area contributed by atoms with Gasteiger partial charge in [0.1, 0.15) is 0 Å². The fourth-order valence-corrected chi connectivity index (χ4v) is 2.70. The molecule has 0 radical (unpaired) electrons. The quantitative estimate of drug-likeness (QED) is 0.589. The molecule has 0 amide bonds. The maximum absolute atomic E-state index is 2.15. The van der Waals surface area contributed by atoms with Crippen molar-refractivity contribution in [2.24, 2.45) is 0 Å². The first-order chi connectivity index (χ1) is 3.93. The van der Waals surface area contributed by atoms with E-state index in [0.29, 0.717) is 0 Å². The van der Waals surface area contributed by atoms with Crippen LogP contribution in [0.5, 0.6) is 0 Å². The summed E-state index contributed by atoms with van der Waals surface area (Å²) >= 11 is 0.883. The second-order valence-electron chi connectivity index (χ2n) is 1.52. The zero-order valence-electron chi connectivity index (χ0n) is 4.79. The average Bonchev–Trinajstić information content (AvgIpc) is 1.90. The van der Waals surface area contributed by atoms with Crippen molar-refractivity contribution in [2.45, 2.75) is 4.90 Å². The van der Waals surface area contributed by atoms with Crippen molar-refractivity contribution in [3.8, 4) is 0 Å². The van der Waals surface area contributed by atoms with Crippen molar-refractivity contribution in [3.63, 3.8) is 0 Å². The molecule has 0 aliphatic heterocycles. The van der Waals surface area contributed by atoms with Crippen molar-refractivity contribution in [2.75, 3.05) is 0 Å². The molecule has 0 heterocycles. The Morgan fingerprint density at radius 2 is 1.75 bits per heavy atom. The Bertz CT molecular complexity index is 150.